The molecular weight excluding hydrogens is 477 g/mol. The number of hydrogen-bond acceptors (Lipinski definition) is 9. The molecule has 32 heavy (non-hydrogen) atoms. The minimum absolute atomic E-state index is 0.159. The first-order valence-electron chi connectivity index (χ1n) is 10.1. The van der Waals surface area contributed by atoms with E-state index < -0.39 is 24.5 Å². The molecule has 2 fully saturated rings. The minimum Gasteiger partial charge on any atom is -0.387 e. The Bertz CT molecular complexity index is 1090. The number of thioether (sulfide) groups is 1. The zero-order valence-electron chi connectivity index (χ0n) is 16.8. The van der Waals surface area contributed by atoms with Crippen molar-refractivity contribution in [2.24, 2.45) is 0 Å². The van der Waals surface area contributed by atoms with Gasteiger partial charge in [-0.1, -0.05) is 29.3 Å². The highest BCUT2D eigenvalue weighted by Crippen LogP contribution is 2.38. The third-order valence-corrected chi connectivity index (χ3v) is 7.63. The van der Waals surface area contributed by atoms with E-state index in [1.807, 2.05) is 0 Å². The molecule has 0 bridgehead atoms. The van der Waals surface area contributed by atoms with Crippen LogP contribution in [0.1, 0.15) is 12.6 Å². The van der Waals surface area contributed by atoms with Gasteiger partial charge in [-0.15, -0.1) is 11.8 Å². The molecule has 4 heterocycles. The van der Waals surface area contributed by atoms with Crippen LogP contribution in [0, 0.1) is 0 Å². The summed E-state index contributed by atoms with van der Waals surface area (Å²) in [4.78, 5) is 13.8. The lowest BCUT2D eigenvalue weighted by Crippen LogP contribution is -2.32. The second-order valence-electron chi connectivity index (χ2n) is 7.66. The Morgan fingerprint density at radius 1 is 1.16 bits per heavy atom. The molecule has 0 aliphatic carbocycles. The van der Waals surface area contributed by atoms with Crippen LogP contribution in [0.3, 0.4) is 0 Å². The molecule has 0 amide bonds. The third kappa shape index (κ3) is 4.16. The van der Waals surface area contributed by atoms with Crippen LogP contribution in [0.25, 0.3) is 11.2 Å². The Balaban J connectivity index is 1.34. The number of nitrogens with one attached hydrogen (secondary N) is 1. The van der Waals surface area contributed by atoms with E-state index in [2.05, 4.69) is 20.3 Å². The Morgan fingerprint density at radius 2 is 1.97 bits per heavy atom. The van der Waals surface area contributed by atoms with Crippen molar-refractivity contribution in [2.75, 3.05) is 24.3 Å². The van der Waals surface area contributed by atoms with Crippen LogP contribution in [0.4, 0.5) is 5.82 Å². The van der Waals surface area contributed by atoms with Crippen molar-refractivity contribution in [1.82, 2.24) is 19.5 Å². The maximum Gasteiger partial charge on any atom is 0.167 e. The van der Waals surface area contributed by atoms with Crippen molar-refractivity contribution in [2.45, 2.75) is 41.9 Å². The average molecular weight is 498 g/mol. The monoisotopic (exact) mass is 497 g/mol. The molecule has 9 nitrogen and oxygen atoms in total. The van der Waals surface area contributed by atoms with E-state index in [-0.39, 0.29) is 6.04 Å². The molecule has 0 spiro atoms. The number of aromatic nitrogens is 4. The summed E-state index contributed by atoms with van der Waals surface area (Å²) in [6.07, 6.45) is 0.118. The number of ether oxygens (including phenoxy) is 2. The van der Waals surface area contributed by atoms with Gasteiger partial charge >= 0.3 is 0 Å². The highest BCUT2D eigenvalue weighted by Gasteiger charge is 2.44. The van der Waals surface area contributed by atoms with E-state index >= 15 is 0 Å². The Morgan fingerprint density at radius 3 is 2.72 bits per heavy atom. The molecule has 3 aromatic rings. The fourth-order valence-electron chi connectivity index (χ4n) is 3.87. The van der Waals surface area contributed by atoms with Crippen molar-refractivity contribution in [3.8, 4) is 0 Å². The molecule has 2 aliphatic rings. The molecule has 5 rings (SSSR count). The summed E-state index contributed by atoms with van der Waals surface area (Å²) in [6.45, 7) is 1.32. The Kier molecular flexibility index (Phi) is 6.44. The molecule has 0 radical (unpaired) electrons. The lowest BCUT2D eigenvalue weighted by atomic mass is 10.1. The van der Waals surface area contributed by atoms with Gasteiger partial charge in [-0.25, -0.2) is 15.0 Å². The molecular formula is C20H21Cl2N5O4S. The van der Waals surface area contributed by atoms with Gasteiger partial charge < -0.3 is 25.0 Å². The molecule has 1 aromatic carbocycles. The van der Waals surface area contributed by atoms with Crippen LogP contribution in [0.5, 0.6) is 0 Å². The van der Waals surface area contributed by atoms with Crippen LogP contribution in [-0.2, 0) is 9.47 Å². The molecule has 2 aliphatic heterocycles. The third-order valence-electron chi connectivity index (χ3n) is 5.55. The predicted octanol–water partition coefficient (Wildman–Crippen LogP) is 2.75. The molecule has 3 N–H and O–H groups in total. The summed E-state index contributed by atoms with van der Waals surface area (Å²) in [7, 11) is 0. The number of aliphatic hydroxyl groups excluding tert-OH is 2. The maximum atomic E-state index is 10.7. The molecule has 0 saturated carbocycles. The van der Waals surface area contributed by atoms with Gasteiger partial charge in [-0.05, 0) is 18.6 Å². The first kappa shape index (κ1) is 22.1. The van der Waals surface area contributed by atoms with Crippen LogP contribution >= 0.6 is 35.0 Å². The van der Waals surface area contributed by atoms with E-state index in [0.717, 1.165) is 6.42 Å². The first-order chi connectivity index (χ1) is 15.5. The van der Waals surface area contributed by atoms with Crippen molar-refractivity contribution in [3.63, 3.8) is 0 Å². The highest BCUT2D eigenvalue weighted by atomic mass is 35.5. The normalized spacial score (nSPS) is 27.9. The fourth-order valence-corrected chi connectivity index (χ4v) is 5.61. The quantitative estimate of drug-likeness (QED) is 0.442. The number of aliphatic hydroxyl groups is 2. The summed E-state index contributed by atoms with van der Waals surface area (Å²) >= 11 is 13.8. The Hall–Kier alpha value is -1.66. The van der Waals surface area contributed by atoms with Gasteiger partial charge in [-0.2, -0.15) is 0 Å². The lowest BCUT2D eigenvalue weighted by Gasteiger charge is -2.17. The fraction of sp³-hybridized carbons (Fsp3) is 0.450. The van der Waals surface area contributed by atoms with Crippen LogP contribution in [0.15, 0.2) is 35.7 Å². The van der Waals surface area contributed by atoms with E-state index in [4.69, 9.17) is 32.7 Å². The number of imidazole rings is 1. The minimum atomic E-state index is -1.16. The number of hydrogen-bond donors (Lipinski definition) is 3. The van der Waals surface area contributed by atoms with Crippen LogP contribution < -0.4 is 5.32 Å². The first-order valence-corrected chi connectivity index (χ1v) is 11.9. The summed E-state index contributed by atoms with van der Waals surface area (Å²) in [5, 5.41) is 25.7. The summed E-state index contributed by atoms with van der Waals surface area (Å²) in [5.74, 6) is 0.951. The standard InChI is InChI=1S/C20H21Cl2N5O4S/c21-11-2-1-3-12(22)17(11)32-7-13-15(28)16(29)20(31-13)27-9-25-14-18(23-8-24-19(14)27)26-10-4-5-30-6-10/h1-3,8-10,13,15-16,20,28-29H,4-7H2,(H,23,24,26)/t10-,13-,15-,16-,20?/m1/s1. The molecule has 2 aromatic heterocycles. The predicted molar refractivity (Wildman–Crippen MR) is 121 cm³/mol. The summed E-state index contributed by atoms with van der Waals surface area (Å²) in [5.41, 5.74) is 1.06. The van der Waals surface area contributed by atoms with Gasteiger partial charge in [0.2, 0.25) is 0 Å². The van der Waals surface area contributed by atoms with Crippen molar-refractivity contribution < 1.29 is 19.7 Å². The number of nitrogens with zero attached hydrogens (tertiary/aromatic N) is 4. The number of benzene rings is 1. The smallest absolute Gasteiger partial charge is 0.167 e. The molecule has 170 valence electrons. The number of anilines is 1. The van der Waals surface area contributed by atoms with Crippen LogP contribution in [0.2, 0.25) is 10.0 Å². The molecule has 2 saturated heterocycles. The zero-order chi connectivity index (χ0) is 22.2. The van der Waals surface area contributed by atoms with Gasteiger partial charge in [0, 0.05) is 17.3 Å². The maximum absolute atomic E-state index is 10.7. The molecule has 1 unspecified atom stereocenters. The van der Waals surface area contributed by atoms with Gasteiger partial charge in [-0.3, -0.25) is 4.57 Å². The van der Waals surface area contributed by atoms with Gasteiger partial charge in [0.25, 0.3) is 0 Å². The number of fused-ring (bicyclic) bond motifs is 1. The van der Waals surface area contributed by atoms with Gasteiger partial charge in [0.05, 0.1) is 35.1 Å². The lowest BCUT2D eigenvalue weighted by molar-refractivity contribution is -0.0289. The SMILES string of the molecule is O[C@@H]1[C@@H](CSc2c(Cl)cccc2Cl)OC(n2cnc3c(N[C@@H]4CCOC4)ncnc32)[C@@H]1O. The van der Waals surface area contributed by atoms with E-state index in [9.17, 15) is 10.2 Å². The van der Waals surface area contributed by atoms with Gasteiger partial charge in [0.1, 0.15) is 18.5 Å². The number of rotatable bonds is 6. The van der Waals surface area contributed by atoms with Crippen molar-refractivity contribution >= 4 is 51.9 Å². The van der Waals surface area contributed by atoms with Crippen LogP contribution in [-0.4, -0.2) is 73.1 Å². The van der Waals surface area contributed by atoms with E-state index in [1.165, 1.54) is 24.4 Å². The van der Waals surface area contributed by atoms with E-state index in [1.54, 1.807) is 22.8 Å². The second-order valence-corrected chi connectivity index (χ2v) is 9.50. The topological polar surface area (TPSA) is 115 Å². The van der Waals surface area contributed by atoms with Crippen molar-refractivity contribution in [1.29, 1.82) is 0 Å². The highest BCUT2D eigenvalue weighted by molar-refractivity contribution is 7.99. The summed E-state index contributed by atoms with van der Waals surface area (Å²) < 4.78 is 13.1. The van der Waals surface area contributed by atoms with E-state index in [0.29, 0.717) is 50.9 Å². The largest absolute Gasteiger partial charge is 0.387 e. The average Bonchev–Trinajstić information content (AvgIpc) is 3.50. The second kappa shape index (κ2) is 9.30. The Labute approximate surface area is 198 Å². The van der Waals surface area contributed by atoms with Crippen molar-refractivity contribution in [3.05, 3.63) is 40.9 Å². The number of halogens is 2. The summed E-state index contributed by atoms with van der Waals surface area (Å²) in [6, 6.07) is 5.43. The van der Waals surface area contributed by atoms with Gasteiger partial charge in [0.15, 0.2) is 23.2 Å². The molecule has 5 atom stereocenters. The molecule has 12 heteroatoms. The zero-order valence-corrected chi connectivity index (χ0v) is 19.1.